The van der Waals surface area contributed by atoms with Gasteiger partial charge >= 0.3 is 5.97 Å². The molecule has 0 fully saturated rings. The second-order valence-electron chi connectivity index (χ2n) is 3.05. The molecule has 0 aromatic heterocycles. The fourth-order valence-corrected chi connectivity index (χ4v) is 1.14. The number of carbonyl (C=O) groups excluding carboxylic acids is 2. The molecule has 0 radical (unpaired) electrons. The third-order valence-corrected chi connectivity index (χ3v) is 1.94. The van der Waals surface area contributed by atoms with Gasteiger partial charge in [-0.2, -0.15) is 0 Å². The molecule has 16 heavy (non-hydrogen) atoms. The quantitative estimate of drug-likeness (QED) is 0.276. The van der Waals surface area contributed by atoms with E-state index in [4.69, 9.17) is 0 Å². The van der Waals surface area contributed by atoms with E-state index >= 15 is 0 Å². The molecule has 0 atom stereocenters. The molecule has 4 heteroatoms. The molecule has 0 saturated heterocycles. The first-order valence-electron chi connectivity index (χ1n) is 4.76. The molecular formula is C12H12O4. The fourth-order valence-electron chi connectivity index (χ4n) is 1.14. The van der Waals surface area contributed by atoms with Gasteiger partial charge in [0.25, 0.3) is 0 Å². The lowest BCUT2D eigenvalue weighted by molar-refractivity contribution is -0.138. The van der Waals surface area contributed by atoms with Gasteiger partial charge in [0.15, 0.2) is 0 Å². The molecule has 0 aliphatic carbocycles. The van der Waals surface area contributed by atoms with E-state index in [2.05, 4.69) is 11.3 Å². The highest BCUT2D eigenvalue weighted by Gasteiger charge is 2.20. The Hall–Kier alpha value is -2.10. The van der Waals surface area contributed by atoms with Gasteiger partial charge in [-0.3, -0.25) is 4.79 Å². The molecule has 0 unspecified atom stereocenters. The average molecular weight is 220 g/mol. The minimum Gasteiger partial charge on any atom is -0.507 e. The van der Waals surface area contributed by atoms with Crippen LogP contribution in [0.4, 0.5) is 0 Å². The van der Waals surface area contributed by atoms with Crippen molar-refractivity contribution in [1.82, 2.24) is 0 Å². The molecule has 0 spiro atoms. The molecule has 1 rings (SSSR count). The van der Waals surface area contributed by atoms with Crippen LogP contribution in [0, 0.1) is 0 Å². The summed E-state index contributed by atoms with van der Waals surface area (Å²) in [5.41, 5.74) is -0.246. The highest BCUT2D eigenvalue weighted by molar-refractivity contribution is 6.24. The van der Waals surface area contributed by atoms with Crippen LogP contribution in [0.15, 0.2) is 36.4 Å². The van der Waals surface area contributed by atoms with Crippen LogP contribution in [0.2, 0.25) is 0 Å². The molecule has 0 saturated carbocycles. The number of ether oxygens (including phenoxy) is 1. The summed E-state index contributed by atoms with van der Waals surface area (Å²) < 4.78 is 4.65. The lowest BCUT2D eigenvalue weighted by Gasteiger charge is -2.05. The number of aromatic hydroxyl groups is 1. The van der Waals surface area contributed by atoms with Crippen molar-refractivity contribution in [3.63, 3.8) is 0 Å². The van der Waals surface area contributed by atoms with Crippen LogP contribution in [0.25, 0.3) is 0 Å². The van der Waals surface area contributed by atoms with Crippen molar-refractivity contribution < 1.29 is 19.4 Å². The maximum atomic E-state index is 11.7. The predicted octanol–water partition coefficient (Wildman–Crippen LogP) is 1.69. The van der Waals surface area contributed by atoms with Crippen LogP contribution in [-0.4, -0.2) is 23.5 Å². The lowest BCUT2D eigenvalue weighted by Crippen LogP contribution is -2.15. The topological polar surface area (TPSA) is 63.6 Å². The summed E-state index contributed by atoms with van der Waals surface area (Å²) in [6.45, 7) is 5.16. The van der Waals surface area contributed by atoms with Gasteiger partial charge in [0, 0.05) is 0 Å². The third kappa shape index (κ3) is 2.48. The fraction of sp³-hybridized carbons (Fsp3) is 0.167. The highest BCUT2D eigenvalue weighted by atomic mass is 16.5. The number of hydrogen-bond donors (Lipinski definition) is 1. The number of benzene rings is 1. The first kappa shape index (κ1) is 12.0. The van der Waals surface area contributed by atoms with Crippen LogP contribution < -0.4 is 0 Å². The van der Waals surface area contributed by atoms with E-state index in [9.17, 15) is 14.7 Å². The number of para-hydroxylation sites is 1. The summed E-state index contributed by atoms with van der Waals surface area (Å²) in [7, 11) is 0. The molecule has 0 heterocycles. The number of Topliss-reactive ketones (excluding diaryl/α,β-unsaturated/α-hetero) is 1. The molecule has 1 aromatic carbocycles. The first-order chi connectivity index (χ1) is 7.57. The van der Waals surface area contributed by atoms with E-state index in [1.165, 1.54) is 12.1 Å². The van der Waals surface area contributed by atoms with Crippen molar-refractivity contribution in [2.24, 2.45) is 0 Å². The highest BCUT2D eigenvalue weighted by Crippen LogP contribution is 2.19. The van der Waals surface area contributed by atoms with Crippen molar-refractivity contribution >= 4 is 11.8 Å². The van der Waals surface area contributed by atoms with E-state index < -0.39 is 11.8 Å². The molecule has 84 valence electrons. The maximum absolute atomic E-state index is 11.7. The largest absolute Gasteiger partial charge is 0.507 e. The normalized spacial score (nSPS) is 9.56. The Bertz CT molecular complexity index is 434. The van der Waals surface area contributed by atoms with E-state index in [1.807, 2.05) is 0 Å². The number of rotatable bonds is 4. The van der Waals surface area contributed by atoms with E-state index in [-0.39, 0.29) is 23.5 Å². The zero-order valence-corrected chi connectivity index (χ0v) is 8.90. The molecule has 0 aliphatic heterocycles. The zero-order chi connectivity index (χ0) is 12.1. The molecule has 4 nitrogen and oxygen atoms in total. The minimum atomic E-state index is -0.768. The molecule has 0 aliphatic rings. The third-order valence-electron chi connectivity index (χ3n) is 1.94. The summed E-state index contributed by atoms with van der Waals surface area (Å²) in [5.74, 6) is -1.58. The van der Waals surface area contributed by atoms with Gasteiger partial charge in [-0.15, -0.1) is 0 Å². The maximum Gasteiger partial charge on any atom is 0.341 e. The molecule has 0 amide bonds. The van der Waals surface area contributed by atoms with Gasteiger partial charge in [0.1, 0.15) is 11.3 Å². The van der Waals surface area contributed by atoms with Crippen molar-refractivity contribution in [3.8, 4) is 5.75 Å². The number of hydrogen-bond acceptors (Lipinski definition) is 4. The Morgan fingerprint density at radius 3 is 2.56 bits per heavy atom. The van der Waals surface area contributed by atoms with Crippen LogP contribution >= 0.6 is 0 Å². The number of carbonyl (C=O) groups is 2. The number of phenolic OH excluding ortho intramolecular Hbond substituents is 1. The van der Waals surface area contributed by atoms with Crippen LogP contribution in [-0.2, 0) is 9.53 Å². The number of esters is 1. The molecule has 1 N–H and O–H groups in total. The van der Waals surface area contributed by atoms with Gasteiger partial charge in [-0.1, -0.05) is 18.7 Å². The van der Waals surface area contributed by atoms with Gasteiger partial charge in [-0.05, 0) is 19.1 Å². The van der Waals surface area contributed by atoms with Crippen molar-refractivity contribution in [2.45, 2.75) is 6.92 Å². The van der Waals surface area contributed by atoms with Gasteiger partial charge in [0.05, 0.1) is 12.2 Å². The Kier molecular flexibility index (Phi) is 3.83. The molecule has 1 aromatic rings. The monoisotopic (exact) mass is 220 g/mol. The Morgan fingerprint density at radius 1 is 1.38 bits per heavy atom. The van der Waals surface area contributed by atoms with Crippen LogP contribution in [0.3, 0.4) is 0 Å². The first-order valence-corrected chi connectivity index (χ1v) is 4.76. The van der Waals surface area contributed by atoms with Crippen molar-refractivity contribution in [3.05, 3.63) is 42.0 Å². The molecule has 0 bridgehead atoms. The van der Waals surface area contributed by atoms with Crippen LogP contribution in [0.5, 0.6) is 5.75 Å². The van der Waals surface area contributed by atoms with Gasteiger partial charge in [0.2, 0.25) is 5.78 Å². The van der Waals surface area contributed by atoms with E-state index in [0.29, 0.717) is 0 Å². The zero-order valence-electron chi connectivity index (χ0n) is 8.90. The van der Waals surface area contributed by atoms with E-state index in [0.717, 1.165) is 0 Å². The lowest BCUT2D eigenvalue weighted by atomic mass is 10.0. The Labute approximate surface area is 93.2 Å². The van der Waals surface area contributed by atoms with Gasteiger partial charge in [-0.25, -0.2) is 4.79 Å². The van der Waals surface area contributed by atoms with Crippen molar-refractivity contribution in [2.75, 3.05) is 6.61 Å². The number of ketones is 1. The van der Waals surface area contributed by atoms with Gasteiger partial charge < -0.3 is 9.84 Å². The smallest absolute Gasteiger partial charge is 0.341 e. The SMILES string of the molecule is C=C(C(=O)OCC)C(=O)c1ccccc1O. The van der Waals surface area contributed by atoms with Crippen molar-refractivity contribution in [1.29, 1.82) is 0 Å². The van der Waals surface area contributed by atoms with E-state index in [1.54, 1.807) is 19.1 Å². The number of phenols is 1. The average Bonchev–Trinajstić information content (AvgIpc) is 2.28. The van der Waals surface area contributed by atoms with Crippen LogP contribution in [0.1, 0.15) is 17.3 Å². The second-order valence-corrected chi connectivity index (χ2v) is 3.05. The summed E-state index contributed by atoms with van der Waals surface area (Å²) in [6.07, 6.45) is 0. The summed E-state index contributed by atoms with van der Waals surface area (Å²) in [6, 6.07) is 5.96. The summed E-state index contributed by atoms with van der Waals surface area (Å²) in [5, 5.41) is 9.43. The minimum absolute atomic E-state index is 0.0422. The molecular weight excluding hydrogens is 208 g/mol. The standard InChI is InChI=1S/C12H12O4/c1-3-16-12(15)8(2)11(14)9-6-4-5-7-10(9)13/h4-7,13H,2-3H2,1H3. The summed E-state index contributed by atoms with van der Waals surface area (Å²) >= 11 is 0. The second kappa shape index (κ2) is 5.11. The summed E-state index contributed by atoms with van der Waals surface area (Å²) in [4.78, 5) is 23.0. The Balaban J connectivity index is 2.91. The predicted molar refractivity (Wildman–Crippen MR) is 58.2 cm³/mol. The Morgan fingerprint density at radius 2 is 2.00 bits per heavy atom.